The number of carbonyl (C=O) groups is 2. The van der Waals surface area contributed by atoms with Gasteiger partial charge >= 0.3 is 0 Å². The van der Waals surface area contributed by atoms with Gasteiger partial charge in [0.25, 0.3) is 5.91 Å². The van der Waals surface area contributed by atoms with Crippen molar-refractivity contribution in [3.05, 3.63) is 53.9 Å². The second kappa shape index (κ2) is 9.28. The van der Waals surface area contributed by atoms with Gasteiger partial charge < -0.3 is 15.5 Å². The highest BCUT2D eigenvalue weighted by Gasteiger charge is 2.30. The van der Waals surface area contributed by atoms with Crippen LogP contribution in [-0.4, -0.2) is 29.9 Å². The van der Waals surface area contributed by atoms with E-state index >= 15 is 0 Å². The van der Waals surface area contributed by atoms with Crippen LogP contribution < -0.4 is 15.5 Å². The zero-order chi connectivity index (χ0) is 20.9. The number of pyridine rings is 1. The number of hydrogen-bond acceptors (Lipinski definition) is 4. The Hall–Kier alpha value is -2.89. The largest absolute Gasteiger partial charge is 0.371 e. The number of hydrogen-bond donors (Lipinski definition) is 2. The Morgan fingerprint density at radius 2 is 1.83 bits per heavy atom. The van der Waals surface area contributed by atoms with Crippen LogP contribution in [-0.2, 0) is 4.79 Å². The van der Waals surface area contributed by atoms with E-state index in [1.807, 2.05) is 43.3 Å². The lowest BCUT2D eigenvalue weighted by Gasteiger charge is -2.26. The monoisotopic (exact) mass is 406 g/mol. The minimum atomic E-state index is -0.190. The number of rotatable bonds is 6. The van der Waals surface area contributed by atoms with Gasteiger partial charge in [-0.05, 0) is 62.9 Å². The fourth-order valence-corrected chi connectivity index (χ4v) is 3.94. The summed E-state index contributed by atoms with van der Waals surface area (Å²) in [5, 5.41) is 6.11. The molecule has 2 aliphatic rings. The zero-order valence-corrected chi connectivity index (χ0v) is 17.6. The normalized spacial score (nSPS) is 17.7. The van der Waals surface area contributed by atoms with E-state index in [-0.39, 0.29) is 23.8 Å². The van der Waals surface area contributed by atoms with Crippen molar-refractivity contribution in [3.8, 4) is 0 Å². The van der Waals surface area contributed by atoms with Crippen LogP contribution in [0.25, 0.3) is 0 Å². The van der Waals surface area contributed by atoms with Gasteiger partial charge in [0.15, 0.2) is 0 Å². The maximum atomic E-state index is 13.2. The molecular formula is C24H30N4O2. The lowest BCUT2D eigenvalue weighted by atomic mass is 10.1. The van der Waals surface area contributed by atoms with Crippen LogP contribution in [0.15, 0.2) is 42.6 Å². The molecule has 4 rings (SSSR count). The molecule has 2 amide bonds. The molecule has 1 aromatic heterocycles. The second-order valence-electron chi connectivity index (χ2n) is 8.35. The standard InChI is InChI=1S/C24H30N4O2/c1-17(21-8-4-5-13-25-21)26-24(30)20-12-11-19(27-23(29)18-9-10-18)16-22(20)28-14-6-2-3-7-15-28/h4-5,8,11-13,16-18H,2-3,6-7,9-10,14-15H2,1H3,(H,26,30)(H,27,29)/t17-/m1/s1. The number of amides is 2. The Kier molecular flexibility index (Phi) is 6.31. The molecule has 2 aromatic rings. The van der Waals surface area contributed by atoms with Gasteiger partial charge in [0.05, 0.1) is 23.0 Å². The number of nitrogens with zero attached hydrogens (tertiary/aromatic N) is 2. The number of benzene rings is 1. The third-order valence-corrected chi connectivity index (χ3v) is 5.88. The second-order valence-corrected chi connectivity index (χ2v) is 8.35. The molecule has 6 nitrogen and oxygen atoms in total. The number of carbonyl (C=O) groups excluding carboxylic acids is 2. The van der Waals surface area contributed by atoms with Crippen LogP contribution in [0.5, 0.6) is 0 Å². The number of nitrogens with one attached hydrogen (secondary N) is 2. The first kappa shape index (κ1) is 20.4. The molecule has 1 atom stereocenters. The Morgan fingerprint density at radius 3 is 2.50 bits per heavy atom. The first-order chi connectivity index (χ1) is 14.6. The van der Waals surface area contributed by atoms with Crippen molar-refractivity contribution in [2.45, 2.75) is 51.5 Å². The molecule has 1 aliphatic heterocycles. The molecule has 2 heterocycles. The van der Waals surface area contributed by atoms with E-state index in [9.17, 15) is 9.59 Å². The van der Waals surface area contributed by atoms with Gasteiger partial charge in [0, 0.05) is 30.9 Å². The van der Waals surface area contributed by atoms with Crippen LogP contribution in [0.4, 0.5) is 11.4 Å². The van der Waals surface area contributed by atoms with Crippen molar-refractivity contribution < 1.29 is 9.59 Å². The van der Waals surface area contributed by atoms with Crippen LogP contribution in [0.3, 0.4) is 0 Å². The van der Waals surface area contributed by atoms with E-state index in [0.717, 1.165) is 55.8 Å². The molecule has 0 bridgehead atoms. The first-order valence-corrected chi connectivity index (χ1v) is 11.0. The summed E-state index contributed by atoms with van der Waals surface area (Å²) in [4.78, 5) is 32.0. The molecule has 1 saturated carbocycles. The predicted molar refractivity (Wildman–Crippen MR) is 119 cm³/mol. The summed E-state index contributed by atoms with van der Waals surface area (Å²) in [7, 11) is 0. The van der Waals surface area contributed by atoms with Crippen LogP contribution in [0.2, 0.25) is 0 Å². The molecule has 0 radical (unpaired) electrons. The van der Waals surface area contributed by atoms with Crippen LogP contribution in [0, 0.1) is 5.92 Å². The van der Waals surface area contributed by atoms with Gasteiger partial charge in [0.2, 0.25) is 5.91 Å². The van der Waals surface area contributed by atoms with E-state index in [2.05, 4.69) is 20.5 Å². The lowest BCUT2D eigenvalue weighted by Crippen LogP contribution is -2.31. The van der Waals surface area contributed by atoms with E-state index in [1.165, 1.54) is 12.8 Å². The summed E-state index contributed by atoms with van der Waals surface area (Å²) < 4.78 is 0. The summed E-state index contributed by atoms with van der Waals surface area (Å²) in [6.07, 6.45) is 8.33. The lowest BCUT2D eigenvalue weighted by molar-refractivity contribution is -0.117. The Balaban J connectivity index is 1.57. The summed E-state index contributed by atoms with van der Waals surface area (Å²) in [6.45, 7) is 3.79. The minimum Gasteiger partial charge on any atom is -0.371 e. The third-order valence-electron chi connectivity index (χ3n) is 5.88. The molecule has 0 spiro atoms. The fraction of sp³-hybridized carbons (Fsp3) is 0.458. The highest BCUT2D eigenvalue weighted by Crippen LogP contribution is 2.32. The summed E-state index contributed by atoms with van der Waals surface area (Å²) in [5.41, 5.74) is 3.14. The van der Waals surface area contributed by atoms with Crippen molar-refractivity contribution in [1.82, 2.24) is 10.3 Å². The highest BCUT2D eigenvalue weighted by molar-refractivity contribution is 6.02. The molecule has 1 aromatic carbocycles. The quantitative estimate of drug-likeness (QED) is 0.750. The van der Waals surface area contributed by atoms with Gasteiger partial charge in [-0.3, -0.25) is 14.6 Å². The fourth-order valence-electron chi connectivity index (χ4n) is 3.94. The summed E-state index contributed by atoms with van der Waals surface area (Å²) >= 11 is 0. The molecule has 30 heavy (non-hydrogen) atoms. The molecule has 2 N–H and O–H groups in total. The van der Waals surface area contributed by atoms with Crippen LogP contribution in [0.1, 0.15) is 67.5 Å². The SMILES string of the molecule is C[C@@H](NC(=O)c1ccc(NC(=O)C2CC2)cc1N1CCCCCC1)c1ccccn1. The highest BCUT2D eigenvalue weighted by atomic mass is 16.2. The van der Waals surface area contributed by atoms with Crippen molar-refractivity contribution in [2.24, 2.45) is 5.92 Å². The molecule has 0 unspecified atom stereocenters. The predicted octanol–water partition coefficient (Wildman–Crippen LogP) is 4.30. The molecule has 2 fully saturated rings. The average Bonchev–Trinajstić information content (AvgIpc) is 3.61. The third kappa shape index (κ3) is 4.99. The molecule has 158 valence electrons. The molecule has 1 aliphatic carbocycles. The van der Waals surface area contributed by atoms with Gasteiger partial charge in [-0.1, -0.05) is 18.9 Å². The Morgan fingerprint density at radius 1 is 1.07 bits per heavy atom. The van der Waals surface area contributed by atoms with Gasteiger partial charge in [-0.2, -0.15) is 0 Å². The van der Waals surface area contributed by atoms with Crippen molar-refractivity contribution in [3.63, 3.8) is 0 Å². The average molecular weight is 407 g/mol. The van der Waals surface area contributed by atoms with Gasteiger partial charge in [-0.15, -0.1) is 0 Å². The van der Waals surface area contributed by atoms with E-state index in [0.29, 0.717) is 5.56 Å². The topological polar surface area (TPSA) is 74.3 Å². The van der Waals surface area contributed by atoms with Crippen molar-refractivity contribution in [2.75, 3.05) is 23.3 Å². The van der Waals surface area contributed by atoms with E-state index in [4.69, 9.17) is 0 Å². The molecule has 1 saturated heterocycles. The van der Waals surface area contributed by atoms with Gasteiger partial charge in [-0.25, -0.2) is 0 Å². The van der Waals surface area contributed by atoms with E-state index < -0.39 is 0 Å². The smallest absolute Gasteiger partial charge is 0.253 e. The maximum Gasteiger partial charge on any atom is 0.253 e. The first-order valence-electron chi connectivity index (χ1n) is 11.0. The Labute approximate surface area is 178 Å². The van der Waals surface area contributed by atoms with Crippen LogP contribution >= 0.6 is 0 Å². The van der Waals surface area contributed by atoms with Crippen molar-refractivity contribution in [1.29, 1.82) is 0 Å². The zero-order valence-electron chi connectivity index (χ0n) is 17.6. The minimum absolute atomic E-state index is 0.0813. The number of aromatic nitrogens is 1. The Bertz CT molecular complexity index is 887. The molecular weight excluding hydrogens is 376 g/mol. The number of anilines is 2. The summed E-state index contributed by atoms with van der Waals surface area (Å²) in [5.74, 6) is 0.110. The van der Waals surface area contributed by atoms with E-state index in [1.54, 1.807) is 6.20 Å². The molecule has 6 heteroatoms. The maximum absolute atomic E-state index is 13.2. The summed E-state index contributed by atoms with van der Waals surface area (Å²) in [6, 6.07) is 11.1. The van der Waals surface area contributed by atoms with Crippen molar-refractivity contribution >= 4 is 23.2 Å². The van der Waals surface area contributed by atoms with Gasteiger partial charge in [0.1, 0.15) is 0 Å².